The summed E-state index contributed by atoms with van der Waals surface area (Å²) in [5.74, 6) is 5.86. The number of amides is 1. The third kappa shape index (κ3) is 2.36. The fourth-order valence-corrected chi connectivity index (χ4v) is 1.96. The molecule has 1 aliphatic heterocycles. The van der Waals surface area contributed by atoms with Crippen molar-refractivity contribution in [2.24, 2.45) is 11.8 Å². The first-order chi connectivity index (χ1) is 6.72. The summed E-state index contributed by atoms with van der Waals surface area (Å²) in [6.45, 7) is 3.56. The smallest absolute Gasteiger partial charge is 0.409 e. The number of nitrogens with one attached hydrogen (secondary N) is 1. The van der Waals surface area contributed by atoms with Crippen molar-refractivity contribution in [1.29, 1.82) is 0 Å². The SMILES string of the molecule is CCC1CN(C(=O)OC)CCC1NN. The Labute approximate surface area is 84.5 Å². The van der Waals surface area contributed by atoms with Crippen LogP contribution in [-0.2, 0) is 4.74 Å². The molecule has 1 amide bonds. The second-order valence-electron chi connectivity index (χ2n) is 3.65. The lowest BCUT2D eigenvalue weighted by molar-refractivity contribution is 0.0899. The molecular weight excluding hydrogens is 182 g/mol. The molecule has 1 fully saturated rings. The number of hydrogen-bond donors (Lipinski definition) is 2. The Morgan fingerprint density at radius 3 is 2.93 bits per heavy atom. The van der Waals surface area contributed by atoms with Crippen molar-refractivity contribution in [3.8, 4) is 0 Å². The number of rotatable bonds is 2. The predicted molar refractivity (Wildman–Crippen MR) is 53.5 cm³/mol. The molecule has 0 aliphatic carbocycles. The normalized spacial score (nSPS) is 27.5. The van der Waals surface area contributed by atoms with E-state index >= 15 is 0 Å². The molecule has 2 unspecified atom stereocenters. The average molecular weight is 201 g/mol. The molecular formula is C9H19N3O2. The third-order valence-corrected chi connectivity index (χ3v) is 2.91. The minimum absolute atomic E-state index is 0.237. The molecule has 1 heterocycles. The summed E-state index contributed by atoms with van der Waals surface area (Å²) in [5, 5.41) is 0. The summed E-state index contributed by atoms with van der Waals surface area (Å²) in [5.41, 5.74) is 2.80. The first-order valence-corrected chi connectivity index (χ1v) is 5.02. The van der Waals surface area contributed by atoms with E-state index in [-0.39, 0.29) is 6.09 Å². The summed E-state index contributed by atoms with van der Waals surface area (Å²) in [4.78, 5) is 13.0. The molecule has 0 aromatic rings. The number of hydrogen-bond acceptors (Lipinski definition) is 4. The van der Waals surface area contributed by atoms with Gasteiger partial charge in [0.05, 0.1) is 7.11 Å². The molecule has 0 aromatic heterocycles. The first-order valence-electron chi connectivity index (χ1n) is 5.02. The van der Waals surface area contributed by atoms with Gasteiger partial charge in [-0.1, -0.05) is 13.3 Å². The fourth-order valence-electron chi connectivity index (χ4n) is 1.96. The molecule has 0 saturated carbocycles. The molecule has 0 bridgehead atoms. The standard InChI is InChI=1S/C9H19N3O2/c1-3-7-6-12(9(13)14-2)5-4-8(7)11-10/h7-8,11H,3-6,10H2,1-2H3. The Bertz CT molecular complexity index is 198. The fraction of sp³-hybridized carbons (Fsp3) is 0.889. The Morgan fingerprint density at radius 2 is 2.43 bits per heavy atom. The van der Waals surface area contributed by atoms with Gasteiger partial charge in [0.15, 0.2) is 0 Å². The van der Waals surface area contributed by atoms with Gasteiger partial charge in [0, 0.05) is 19.1 Å². The first kappa shape index (κ1) is 11.3. The number of methoxy groups -OCH3 is 1. The van der Waals surface area contributed by atoms with E-state index in [2.05, 4.69) is 17.1 Å². The van der Waals surface area contributed by atoms with Gasteiger partial charge in [-0.3, -0.25) is 11.3 Å². The minimum Gasteiger partial charge on any atom is -0.453 e. The van der Waals surface area contributed by atoms with Crippen molar-refractivity contribution in [2.45, 2.75) is 25.8 Å². The lowest BCUT2D eigenvalue weighted by atomic mass is 9.91. The quantitative estimate of drug-likeness (QED) is 0.498. The highest BCUT2D eigenvalue weighted by molar-refractivity contribution is 5.67. The maximum atomic E-state index is 11.3. The highest BCUT2D eigenvalue weighted by Crippen LogP contribution is 2.19. The summed E-state index contributed by atoms with van der Waals surface area (Å²) < 4.78 is 4.69. The topological polar surface area (TPSA) is 67.6 Å². The lowest BCUT2D eigenvalue weighted by Gasteiger charge is -2.36. The summed E-state index contributed by atoms with van der Waals surface area (Å²) >= 11 is 0. The van der Waals surface area contributed by atoms with Crippen molar-refractivity contribution in [3.05, 3.63) is 0 Å². The molecule has 1 saturated heterocycles. The van der Waals surface area contributed by atoms with Crippen molar-refractivity contribution < 1.29 is 9.53 Å². The van der Waals surface area contributed by atoms with Gasteiger partial charge >= 0.3 is 6.09 Å². The van der Waals surface area contributed by atoms with Gasteiger partial charge in [0.1, 0.15) is 0 Å². The second-order valence-corrected chi connectivity index (χ2v) is 3.65. The van der Waals surface area contributed by atoms with Crippen LogP contribution < -0.4 is 11.3 Å². The lowest BCUT2D eigenvalue weighted by Crippen LogP contribution is -2.52. The Hall–Kier alpha value is -0.810. The Kier molecular flexibility index (Phi) is 4.16. The zero-order valence-corrected chi connectivity index (χ0v) is 8.82. The van der Waals surface area contributed by atoms with E-state index in [9.17, 15) is 4.79 Å². The molecule has 3 N–H and O–H groups in total. The van der Waals surface area contributed by atoms with Gasteiger partial charge in [0.25, 0.3) is 0 Å². The summed E-state index contributed by atoms with van der Waals surface area (Å²) in [7, 11) is 1.41. The van der Waals surface area contributed by atoms with Gasteiger partial charge in [-0.15, -0.1) is 0 Å². The van der Waals surface area contributed by atoms with Crippen LogP contribution in [0, 0.1) is 5.92 Å². The number of likely N-dealkylation sites (tertiary alicyclic amines) is 1. The van der Waals surface area contributed by atoms with E-state index < -0.39 is 0 Å². The molecule has 1 aliphatic rings. The van der Waals surface area contributed by atoms with E-state index in [4.69, 9.17) is 5.84 Å². The molecule has 0 spiro atoms. The Balaban J connectivity index is 2.52. The number of nitrogens with zero attached hydrogens (tertiary/aromatic N) is 1. The van der Waals surface area contributed by atoms with Gasteiger partial charge in [-0.05, 0) is 12.3 Å². The minimum atomic E-state index is -0.237. The van der Waals surface area contributed by atoms with Gasteiger partial charge in [-0.2, -0.15) is 0 Å². The molecule has 0 radical (unpaired) electrons. The molecule has 14 heavy (non-hydrogen) atoms. The highest BCUT2D eigenvalue weighted by Gasteiger charge is 2.29. The summed E-state index contributed by atoms with van der Waals surface area (Å²) in [6.07, 6.45) is 1.67. The van der Waals surface area contributed by atoms with E-state index in [0.29, 0.717) is 12.0 Å². The van der Waals surface area contributed by atoms with E-state index in [1.54, 1.807) is 4.90 Å². The second kappa shape index (κ2) is 5.17. The van der Waals surface area contributed by atoms with Crippen LogP contribution in [0.15, 0.2) is 0 Å². The monoisotopic (exact) mass is 201 g/mol. The highest BCUT2D eigenvalue weighted by atomic mass is 16.5. The number of carbonyl (C=O) groups excluding carboxylic acids is 1. The van der Waals surface area contributed by atoms with Crippen LogP contribution >= 0.6 is 0 Å². The van der Waals surface area contributed by atoms with Crippen LogP contribution in [0.3, 0.4) is 0 Å². The van der Waals surface area contributed by atoms with Crippen LogP contribution in [0.2, 0.25) is 0 Å². The van der Waals surface area contributed by atoms with Crippen LogP contribution in [0.1, 0.15) is 19.8 Å². The molecule has 1 rings (SSSR count). The van der Waals surface area contributed by atoms with Crippen LogP contribution in [0.4, 0.5) is 4.79 Å². The molecule has 0 aromatic carbocycles. The summed E-state index contributed by atoms with van der Waals surface area (Å²) in [6, 6.07) is 0.320. The number of piperidine rings is 1. The zero-order chi connectivity index (χ0) is 10.6. The maximum absolute atomic E-state index is 11.3. The van der Waals surface area contributed by atoms with Crippen LogP contribution in [0.25, 0.3) is 0 Å². The predicted octanol–water partition coefficient (Wildman–Crippen LogP) is 0.317. The number of hydrazine groups is 1. The van der Waals surface area contributed by atoms with E-state index in [1.807, 2.05) is 0 Å². The third-order valence-electron chi connectivity index (χ3n) is 2.91. The van der Waals surface area contributed by atoms with Crippen LogP contribution in [-0.4, -0.2) is 37.2 Å². The zero-order valence-electron chi connectivity index (χ0n) is 8.82. The van der Waals surface area contributed by atoms with Gasteiger partial charge < -0.3 is 9.64 Å². The van der Waals surface area contributed by atoms with Gasteiger partial charge in [-0.25, -0.2) is 4.79 Å². The van der Waals surface area contributed by atoms with Crippen LogP contribution in [0.5, 0.6) is 0 Å². The molecule has 2 atom stereocenters. The molecule has 5 nitrogen and oxygen atoms in total. The largest absolute Gasteiger partial charge is 0.453 e. The number of nitrogens with two attached hydrogens (primary N) is 1. The number of carbonyl (C=O) groups is 1. The number of ether oxygens (including phenoxy) is 1. The van der Waals surface area contributed by atoms with E-state index in [1.165, 1.54) is 7.11 Å². The molecule has 5 heteroatoms. The molecule has 82 valence electrons. The van der Waals surface area contributed by atoms with Crippen molar-refractivity contribution in [1.82, 2.24) is 10.3 Å². The van der Waals surface area contributed by atoms with Crippen molar-refractivity contribution in [2.75, 3.05) is 20.2 Å². The Morgan fingerprint density at radius 1 is 1.71 bits per heavy atom. The van der Waals surface area contributed by atoms with Crippen molar-refractivity contribution >= 4 is 6.09 Å². The maximum Gasteiger partial charge on any atom is 0.409 e. The van der Waals surface area contributed by atoms with E-state index in [0.717, 1.165) is 25.9 Å². The van der Waals surface area contributed by atoms with Crippen molar-refractivity contribution in [3.63, 3.8) is 0 Å². The van der Waals surface area contributed by atoms with Gasteiger partial charge in [0.2, 0.25) is 0 Å². The average Bonchev–Trinajstić information content (AvgIpc) is 2.26.